The Kier molecular flexibility index (Phi) is 19.9. The minimum atomic E-state index is -1.93. The van der Waals surface area contributed by atoms with Crippen LogP contribution in [0.1, 0.15) is 166 Å². The minimum absolute atomic E-state index is 0.173. The number of rotatable bonds is 14. The van der Waals surface area contributed by atoms with Crippen LogP contribution in [0.4, 0.5) is 0 Å². The summed E-state index contributed by atoms with van der Waals surface area (Å²) in [4.78, 5) is 14.6. The molecule has 7 nitrogen and oxygen atoms in total. The highest BCUT2D eigenvalue weighted by atomic mass is 28.3. The van der Waals surface area contributed by atoms with Crippen molar-refractivity contribution in [3.8, 4) is 69.4 Å². The van der Waals surface area contributed by atoms with Gasteiger partial charge in [-0.1, -0.05) is 125 Å². The smallest absolute Gasteiger partial charge is 0.158 e. The Morgan fingerprint density at radius 1 is 0.446 bits per heavy atom. The second-order valence-corrected chi connectivity index (χ2v) is 33.3. The molecule has 0 radical (unpaired) electrons. The van der Waals surface area contributed by atoms with Crippen LogP contribution in [0.3, 0.4) is 0 Å². The zero-order valence-electron chi connectivity index (χ0n) is 46.3. The fourth-order valence-corrected chi connectivity index (χ4v) is 21.8. The van der Waals surface area contributed by atoms with E-state index in [0.717, 1.165) is 119 Å². The molecule has 0 amide bonds. The van der Waals surface area contributed by atoms with Crippen LogP contribution in [-0.2, 0) is 32.2 Å². The van der Waals surface area contributed by atoms with E-state index in [9.17, 15) is 0 Å². The van der Waals surface area contributed by atoms with E-state index in [2.05, 4.69) is 166 Å². The predicted molar refractivity (Wildman–Crippen MR) is 308 cm³/mol. The zero-order valence-corrected chi connectivity index (χ0v) is 48.3. The Morgan fingerprint density at radius 3 is 1.14 bits per heavy atom. The van der Waals surface area contributed by atoms with Crippen LogP contribution in [0, 0.1) is 46.6 Å². The molecule has 2 aliphatic heterocycles. The average molecular weight is 1020 g/mol. The van der Waals surface area contributed by atoms with Crippen LogP contribution in [0.15, 0.2) is 91.3 Å². The number of hydrogen-bond donors (Lipinski definition) is 0. The monoisotopic (exact) mass is 1020 g/mol. The molecule has 0 N–H and O–H groups in total. The van der Waals surface area contributed by atoms with Gasteiger partial charge in [-0.25, -0.2) is 4.98 Å². The second-order valence-electron chi connectivity index (χ2n) is 22.1. The highest BCUT2D eigenvalue weighted by Gasteiger charge is 2.42. The number of benzene rings is 2. The van der Waals surface area contributed by atoms with E-state index in [0.29, 0.717) is 46.5 Å². The first-order valence-corrected chi connectivity index (χ1v) is 31.8. The summed E-state index contributed by atoms with van der Waals surface area (Å²) in [7, 11) is -3.87. The first kappa shape index (κ1) is 56.1. The SMILES string of the molecule is CC(C)[Si](C#Cc1cc(C#Cc2ccc(-c3cccc(-c4ccc(C#Cc5cc(C#C[Si](C(C)C)(C(C)C)C(C)C)cc(COC6CCCCO6)c5)cn4)n3)nc2)cc(COC2CCCCO2)c1)(C(C)C)C(C)C. The van der Waals surface area contributed by atoms with E-state index >= 15 is 0 Å². The number of hydrogen-bond acceptors (Lipinski definition) is 7. The van der Waals surface area contributed by atoms with Crippen LogP contribution in [-0.4, -0.2) is 56.9 Å². The van der Waals surface area contributed by atoms with Crippen molar-refractivity contribution in [3.05, 3.63) is 136 Å². The van der Waals surface area contributed by atoms with Crippen molar-refractivity contribution >= 4 is 16.1 Å². The van der Waals surface area contributed by atoms with Crippen molar-refractivity contribution in [3.63, 3.8) is 0 Å². The Balaban J connectivity index is 1.08. The van der Waals surface area contributed by atoms with Gasteiger partial charge in [0, 0.05) is 59.0 Å². The van der Waals surface area contributed by atoms with Crippen molar-refractivity contribution in [2.24, 2.45) is 0 Å². The van der Waals surface area contributed by atoms with E-state index in [1.807, 2.05) is 54.9 Å². The number of ether oxygens (including phenoxy) is 4. The van der Waals surface area contributed by atoms with Crippen molar-refractivity contribution in [2.75, 3.05) is 13.2 Å². The van der Waals surface area contributed by atoms with Crippen LogP contribution >= 0.6 is 0 Å². The van der Waals surface area contributed by atoms with Crippen LogP contribution < -0.4 is 0 Å². The summed E-state index contributed by atoms with van der Waals surface area (Å²) in [5.41, 5.74) is 21.5. The lowest BCUT2D eigenvalue weighted by Crippen LogP contribution is -2.43. The quantitative estimate of drug-likeness (QED) is 0.0810. The third-order valence-corrected chi connectivity index (χ3v) is 27.8. The molecule has 0 aliphatic carbocycles. The molecule has 2 aromatic carbocycles. The number of pyridine rings is 3. The molecule has 0 saturated carbocycles. The van der Waals surface area contributed by atoms with Gasteiger partial charge in [0.05, 0.1) is 36.0 Å². The molecule has 2 unspecified atom stereocenters. The first-order chi connectivity index (χ1) is 35.5. The van der Waals surface area contributed by atoms with Gasteiger partial charge in [-0.05, 0) is 156 Å². The predicted octanol–water partition coefficient (Wildman–Crippen LogP) is 15.2. The van der Waals surface area contributed by atoms with Gasteiger partial charge >= 0.3 is 0 Å². The van der Waals surface area contributed by atoms with E-state index in [-0.39, 0.29) is 12.6 Å². The van der Waals surface area contributed by atoms with Gasteiger partial charge in [0.15, 0.2) is 12.6 Å². The lowest BCUT2D eigenvalue weighted by molar-refractivity contribution is -0.169. The van der Waals surface area contributed by atoms with E-state index in [1.165, 1.54) is 0 Å². The summed E-state index contributed by atoms with van der Waals surface area (Å²) >= 11 is 0. The second kappa shape index (κ2) is 26.3. The third kappa shape index (κ3) is 14.4. The summed E-state index contributed by atoms with van der Waals surface area (Å²) in [6.45, 7) is 30.6. The normalized spacial score (nSPS) is 16.1. The Morgan fingerprint density at radius 2 is 0.811 bits per heavy atom. The Bertz CT molecular complexity index is 2680. The third-order valence-electron chi connectivity index (χ3n) is 15.2. The molecule has 0 bridgehead atoms. The average Bonchev–Trinajstić information content (AvgIpc) is 3.39. The lowest BCUT2D eigenvalue weighted by Gasteiger charge is -2.38. The van der Waals surface area contributed by atoms with Crippen molar-refractivity contribution in [1.29, 1.82) is 0 Å². The molecule has 2 aliphatic rings. The summed E-state index contributed by atoms with van der Waals surface area (Å²) in [5.74, 6) is 20.9. The molecule has 7 rings (SSSR count). The summed E-state index contributed by atoms with van der Waals surface area (Å²) < 4.78 is 24.2. The van der Waals surface area contributed by atoms with Gasteiger partial charge in [-0.15, -0.1) is 11.1 Å². The fraction of sp³-hybridized carbons (Fsp3) is 0.462. The fourth-order valence-electron chi connectivity index (χ4n) is 11.4. The molecule has 2 fully saturated rings. The molecule has 74 heavy (non-hydrogen) atoms. The lowest BCUT2D eigenvalue weighted by atomic mass is 10.1. The molecule has 386 valence electrons. The van der Waals surface area contributed by atoms with Crippen molar-refractivity contribution < 1.29 is 18.9 Å². The standard InChI is InChI=1S/C65H79N3O4Si2/c1-46(2)73(47(3)4,48(5)6)34-30-56-36-54(38-58(40-56)44-71-64-20-13-15-32-69-64)24-22-52-26-28-60(66-42-52)62-18-17-19-63(68-62)61-29-27-53(43-67-61)23-25-55-37-57(31-35-74(49(7)8,50(9)10)51(11)12)41-59(39-55)45-72-65-21-14-16-33-70-65/h17-19,26-29,36-43,46-51,64-65H,13-16,20-21,32-33,44-45H2,1-12H3. The summed E-state index contributed by atoms with van der Waals surface area (Å²) in [6.07, 6.45) is 9.52. The van der Waals surface area contributed by atoms with Gasteiger partial charge in [0.2, 0.25) is 0 Å². The Labute approximate surface area is 446 Å². The maximum absolute atomic E-state index is 6.23. The van der Waals surface area contributed by atoms with Gasteiger partial charge in [0.25, 0.3) is 0 Å². The topological polar surface area (TPSA) is 75.6 Å². The molecule has 5 aromatic rings. The van der Waals surface area contributed by atoms with E-state index in [4.69, 9.17) is 33.9 Å². The van der Waals surface area contributed by atoms with Gasteiger partial charge < -0.3 is 18.9 Å². The maximum Gasteiger partial charge on any atom is 0.158 e. The molecule has 2 atom stereocenters. The van der Waals surface area contributed by atoms with Gasteiger partial charge in [-0.3, -0.25) is 9.97 Å². The first-order valence-electron chi connectivity index (χ1n) is 27.3. The zero-order chi connectivity index (χ0) is 52.8. The summed E-state index contributed by atoms with van der Waals surface area (Å²) in [6, 6.07) is 26.6. The van der Waals surface area contributed by atoms with Gasteiger partial charge in [0.1, 0.15) is 16.1 Å². The van der Waals surface area contributed by atoms with Gasteiger partial charge in [-0.2, -0.15) is 0 Å². The van der Waals surface area contributed by atoms with Crippen LogP contribution in [0.5, 0.6) is 0 Å². The Hall–Kier alpha value is -5.60. The molecule has 3 aromatic heterocycles. The molecule has 0 spiro atoms. The largest absolute Gasteiger partial charge is 0.353 e. The van der Waals surface area contributed by atoms with Crippen LogP contribution in [0.25, 0.3) is 22.8 Å². The van der Waals surface area contributed by atoms with E-state index < -0.39 is 16.1 Å². The molecule has 2 saturated heterocycles. The van der Waals surface area contributed by atoms with Crippen molar-refractivity contribution in [1.82, 2.24) is 15.0 Å². The minimum Gasteiger partial charge on any atom is -0.353 e. The maximum atomic E-state index is 6.23. The van der Waals surface area contributed by atoms with Crippen molar-refractivity contribution in [2.45, 2.75) is 181 Å². The number of nitrogens with zero attached hydrogens (tertiary/aromatic N) is 3. The van der Waals surface area contributed by atoms with Crippen LogP contribution in [0.2, 0.25) is 33.2 Å². The highest BCUT2D eigenvalue weighted by Crippen LogP contribution is 2.42. The molecular formula is C65H79N3O4Si2. The highest BCUT2D eigenvalue weighted by molar-refractivity contribution is 6.91. The summed E-state index contributed by atoms with van der Waals surface area (Å²) in [5, 5.41) is 0. The number of aromatic nitrogens is 3. The molecular weight excluding hydrogens is 943 g/mol. The van der Waals surface area contributed by atoms with E-state index in [1.54, 1.807) is 0 Å². The molecule has 9 heteroatoms. The molecule has 5 heterocycles.